The van der Waals surface area contributed by atoms with E-state index in [1.54, 1.807) is 7.11 Å². The number of piperidine rings is 1. The third-order valence-corrected chi connectivity index (χ3v) is 3.31. The van der Waals surface area contributed by atoms with Crippen molar-refractivity contribution in [3.8, 4) is 0 Å². The van der Waals surface area contributed by atoms with E-state index in [1.807, 2.05) is 6.92 Å². The van der Waals surface area contributed by atoms with Gasteiger partial charge in [0.05, 0.1) is 25.9 Å². The van der Waals surface area contributed by atoms with Crippen molar-refractivity contribution in [3.63, 3.8) is 0 Å². The maximum atomic E-state index is 11.6. The van der Waals surface area contributed by atoms with Crippen LogP contribution in [0.5, 0.6) is 0 Å². The summed E-state index contributed by atoms with van der Waals surface area (Å²) in [7, 11) is 1.62. The molecule has 5 nitrogen and oxygen atoms in total. The number of ether oxygens (including phenoxy) is 2. The van der Waals surface area contributed by atoms with E-state index >= 15 is 0 Å². The highest BCUT2D eigenvalue weighted by molar-refractivity contribution is 5.82. The van der Waals surface area contributed by atoms with Crippen LogP contribution in [0.3, 0.4) is 0 Å². The first-order valence-electron chi connectivity index (χ1n) is 6.67. The Kier molecular flexibility index (Phi) is 7.42. The highest BCUT2D eigenvalue weighted by atomic mass is 16.5. The van der Waals surface area contributed by atoms with Crippen molar-refractivity contribution in [2.24, 2.45) is 5.92 Å². The Labute approximate surface area is 109 Å². The van der Waals surface area contributed by atoms with Crippen molar-refractivity contribution in [2.75, 3.05) is 46.6 Å². The Balaban J connectivity index is 2.19. The summed E-state index contributed by atoms with van der Waals surface area (Å²) in [5.74, 6) is 0.500. The summed E-state index contributed by atoms with van der Waals surface area (Å²) in [5.41, 5.74) is 0. The van der Waals surface area contributed by atoms with Gasteiger partial charge in [-0.25, -0.2) is 0 Å². The zero-order valence-corrected chi connectivity index (χ0v) is 11.4. The molecule has 1 N–H and O–H groups in total. The molecule has 0 radical (unpaired) electrons. The van der Waals surface area contributed by atoms with Crippen LogP contribution in [0.15, 0.2) is 0 Å². The van der Waals surface area contributed by atoms with Gasteiger partial charge in [-0.1, -0.05) is 6.92 Å². The number of hydrogen-bond donors (Lipinski definition) is 1. The summed E-state index contributed by atoms with van der Waals surface area (Å²) in [6.45, 7) is 5.51. The third kappa shape index (κ3) is 5.44. The molecule has 0 bridgehead atoms. The Bertz CT molecular complexity index is 247. The fourth-order valence-corrected chi connectivity index (χ4v) is 2.21. The maximum absolute atomic E-state index is 11.6. The van der Waals surface area contributed by atoms with Gasteiger partial charge in [-0.2, -0.15) is 0 Å². The molecule has 2 unspecified atom stereocenters. The second-order valence-electron chi connectivity index (χ2n) is 4.80. The number of ketones is 1. The van der Waals surface area contributed by atoms with E-state index in [9.17, 15) is 9.90 Å². The summed E-state index contributed by atoms with van der Waals surface area (Å²) in [4.78, 5) is 13.7. The average Bonchev–Trinajstić information content (AvgIpc) is 2.37. The number of methoxy groups -OCH3 is 1. The number of rotatable bonds is 8. The average molecular weight is 259 g/mol. The minimum absolute atomic E-state index is 0.139. The van der Waals surface area contributed by atoms with Gasteiger partial charge in [0.15, 0.2) is 0 Å². The van der Waals surface area contributed by atoms with Crippen molar-refractivity contribution in [1.82, 2.24) is 4.90 Å². The predicted molar refractivity (Wildman–Crippen MR) is 68.5 cm³/mol. The second-order valence-corrected chi connectivity index (χ2v) is 4.80. The first kappa shape index (κ1) is 15.6. The van der Waals surface area contributed by atoms with Gasteiger partial charge in [-0.15, -0.1) is 0 Å². The third-order valence-electron chi connectivity index (χ3n) is 3.31. The maximum Gasteiger partial charge on any atom is 0.138 e. The van der Waals surface area contributed by atoms with Crippen LogP contribution in [0.25, 0.3) is 0 Å². The zero-order valence-electron chi connectivity index (χ0n) is 11.4. The number of carbonyl (C=O) groups excluding carboxylic acids is 1. The molecule has 0 aromatic heterocycles. The lowest BCUT2D eigenvalue weighted by Gasteiger charge is -2.32. The molecule has 18 heavy (non-hydrogen) atoms. The number of β-amino-alcohol motifs (C(OH)–C–C–N with tert-alkyl or cyclic N) is 1. The topological polar surface area (TPSA) is 59.0 Å². The van der Waals surface area contributed by atoms with Gasteiger partial charge in [0, 0.05) is 39.1 Å². The largest absolute Gasteiger partial charge is 0.389 e. The molecular formula is C13H25NO4. The van der Waals surface area contributed by atoms with Gasteiger partial charge in [0.1, 0.15) is 5.78 Å². The number of aliphatic hydroxyl groups excluding tert-OH is 1. The minimum atomic E-state index is -0.493. The summed E-state index contributed by atoms with van der Waals surface area (Å²) >= 11 is 0. The lowest BCUT2D eigenvalue weighted by molar-refractivity contribution is -0.127. The molecular weight excluding hydrogens is 234 g/mol. The van der Waals surface area contributed by atoms with Crippen molar-refractivity contribution in [3.05, 3.63) is 0 Å². The number of Topliss-reactive ketones (excluding diaryl/α,β-unsaturated/α-hetero) is 1. The molecule has 1 heterocycles. The van der Waals surface area contributed by atoms with Gasteiger partial charge < -0.3 is 14.6 Å². The van der Waals surface area contributed by atoms with Crippen LogP contribution in [-0.4, -0.2) is 68.5 Å². The molecule has 2 atom stereocenters. The number of aliphatic hydroxyl groups is 1. The van der Waals surface area contributed by atoms with E-state index in [-0.39, 0.29) is 5.92 Å². The van der Waals surface area contributed by atoms with E-state index in [0.717, 1.165) is 19.5 Å². The normalized spacial score (nSPS) is 23.3. The van der Waals surface area contributed by atoms with Gasteiger partial charge in [0.2, 0.25) is 0 Å². The molecule has 0 amide bonds. The number of carbonyl (C=O) groups is 1. The van der Waals surface area contributed by atoms with Gasteiger partial charge in [-0.3, -0.25) is 9.69 Å². The van der Waals surface area contributed by atoms with Crippen LogP contribution in [0, 0.1) is 5.92 Å². The SMILES string of the molecule is CCC1CN(CC(O)COCCOC)CCC1=O. The van der Waals surface area contributed by atoms with Crippen LogP contribution < -0.4 is 0 Å². The Hall–Kier alpha value is -0.490. The van der Waals surface area contributed by atoms with E-state index in [4.69, 9.17) is 9.47 Å². The van der Waals surface area contributed by atoms with Crippen LogP contribution in [0.4, 0.5) is 0 Å². The molecule has 5 heteroatoms. The van der Waals surface area contributed by atoms with Gasteiger partial charge >= 0.3 is 0 Å². The van der Waals surface area contributed by atoms with Crippen LogP contribution >= 0.6 is 0 Å². The Morgan fingerprint density at radius 2 is 2.28 bits per heavy atom. The van der Waals surface area contributed by atoms with Gasteiger partial charge in [-0.05, 0) is 6.42 Å². The van der Waals surface area contributed by atoms with Crippen molar-refractivity contribution in [1.29, 1.82) is 0 Å². The van der Waals surface area contributed by atoms with Crippen LogP contribution in [0.2, 0.25) is 0 Å². The molecule has 0 aliphatic carbocycles. The predicted octanol–water partition coefficient (Wildman–Crippen LogP) is 0.311. The molecule has 0 spiro atoms. The highest BCUT2D eigenvalue weighted by Gasteiger charge is 2.26. The fourth-order valence-electron chi connectivity index (χ4n) is 2.21. The second kappa shape index (κ2) is 8.58. The zero-order chi connectivity index (χ0) is 13.4. The first-order chi connectivity index (χ1) is 8.67. The molecule has 1 saturated heterocycles. The molecule has 1 fully saturated rings. The monoisotopic (exact) mass is 259 g/mol. The molecule has 1 rings (SSSR count). The first-order valence-corrected chi connectivity index (χ1v) is 6.67. The molecule has 1 aliphatic heterocycles. The molecule has 106 valence electrons. The molecule has 1 aliphatic rings. The number of likely N-dealkylation sites (tertiary alicyclic amines) is 1. The smallest absolute Gasteiger partial charge is 0.138 e. The molecule has 0 aromatic carbocycles. The van der Waals surface area contributed by atoms with E-state index in [2.05, 4.69) is 4.90 Å². The van der Waals surface area contributed by atoms with Crippen molar-refractivity contribution >= 4 is 5.78 Å². The van der Waals surface area contributed by atoms with Crippen molar-refractivity contribution in [2.45, 2.75) is 25.9 Å². The minimum Gasteiger partial charge on any atom is -0.389 e. The van der Waals surface area contributed by atoms with Crippen LogP contribution in [0.1, 0.15) is 19.8 Å². The number of hydrogen-bond acceptors (Lipinski definition) is 5. The Morgan fingerprint density at radius 3 is 2.94 bits per heavy atom. The summed E-state index contributed by atoms with van der Waals surface area (Å²) < 4.78 is 10.1. The summed E-state index contributed by atoms with van der Waals surface area (Å²) in [6, 6.07) is 0. The lowest BCUT2D eigenvalue weighted by atomic mass is 9.94. The quantitative estimate of drug-likeness (QED) is 0.636. The Morgan fingerprint density at radius 1 is 1.50 bits per heavy atom. The fraction of sp³-hybridized carbons (Fsp3) is 0.923. The van der Waals surface area contributed by atoms with E-state index in [0.29, 0.717) is 38.6 Å². The highest BCUT2D eigenvalue weighted by Crippen LogP contribution is 2.16. The summed E-state index contributed by atoms with van der Waals surface area (Å²) in [6.07, 6.45) is 0.999. The van der Waals surface area contributed by atoms with Crippen molar-refractivity contribution < 1.29 is 19.4 Å². The standard InChI is InChI=1S/C13H25NO4/c1-3-11-8-14(5-4-13(11)16)9-12(15)10-18-7-6-17-2/h11-12,15H,3-10H2,1-2H3. The van der Waals surface area contributed by atoms with E-state index in [1.165, 1.54) is 0 Å². The van der Waals surface area contributed by atoms with E-state index < -0.39 is 6.10 Å². The number of nitrogens with zero attached hydrogens (tertiary/aromatic N) is 1. The molecule has 0 aromatic rings. The molecule has 0 saturated carbocycles. The van der Waals surface area contributed by atoms with Gasteiger partial charge in [0.25, 0.3) is 0 Å². The van der Waals surface area contributed by atoms with Crippen LogP contribution in [-0.2, 0) is 14.3 Å². The lowest BCUT2D eigenvalue weighted by Crippen LogP contribution is -2.44. The summed E-state index contributed by atoms with van der Waals surface area (Å²) in [5, 5.41) is 9.83.